The minimum atomic E-state index is -0.505. The molecular weight excluding hydrogens is 472 g/mol. The van der Waals surface area contributed by atoms with Gasteiger partial charge in [-0.05, 0) is 62.7 Å². The van der Waals surface area contributed by atoms with Crippen LogP contribution >= 0.6 is 0 Å². The van der Waals surface area contributed by atoms with Gasteiger partial charge in [0, 0.05) is 22.3 Å². The van der Waals surface area contributed by atoms with Crippen molar-refractivity contribution in [3.8, 4) is 44.5 Å². The van der Waals surface area contributed by atoms with Crippen LogP contribution in [0.4, 0.5) is 0 Å². The second-order valence-electron chi connectivity index (χ2n) is 9.51. The third-order valence-corrected chi connectivity index (χ3v) is 7.39. The summed E-state index contributed by atoms with van der Waals surface area (Å²) in [5, 5.41) is 0. The highest BCUT2D eigenvalue weighted by Crippen LogP contribution is 2.38. The van der Waals surface area contributed by atoms with Gasteiger partial charge in [0.2, 0.25) is 23.1 Å². The number of hydrogen-bond donors (Lipinski definition) is 0. The van der Waals surface area contributed by atoms with E-state index in [2.05, 4.69) is 0 Å². The molecule has 38 heavy (non-hydrogen) atoms. The summed E-state index contributed by atoms with van der Waals surface area (Å²) in [6.45, 7) is 0. The predicted octanol–water partition coefficient (Wildman–Crippen LogP) is 7.11. The number of hydrogen-bond acceptors (Lipinski definition) is 4. The van der Waals surface area contributed by atoms with Crippen LogP contribution in [0.3, 0.4) is 0 Å². The van der Waals surface area contributed by atoms with Crippen LogP contribution in [0.5, 0.6) is 0 Å². The average Bonchev–Trinajstić information content (AvgIpc) is 2.98. The maximum atomic E-state index is 12.9. The van der Waals surface area contributed by atoms with E-state index in [-0.39, 0.29) is 0 Å². The van der Waals surface area contributed by atoms with E-state index in [1.165, 1.54) is 0 Å². The van der Waals surface area contributed by atoms with Gasteiger partial charge in [-0.15, -0.1) is 0 Å². The fraction of sp³-hybridized carbons (Fsp3) is 0. The molecule has 4 nitrogen and oxygen atoms in total. The molecule has 4 heteroatoms. The van der Waals surface area contributed by atoms with Crippen molar-refractivity contribution in [2.24, 2.45) is 0 Å². The number of Topliss-reactive ketones (excluding diaryl/α,β-unsaturated/α-hetero) is 4. The molecule has 2 aliphatic rings. The maximum absolute atomic E-state index is 12.9. The Labute approximate surface area is 218 Å². The molecule has 0 saturated carbocycles. The highest BCUT2D eigenvalue weighted by Gasteiger charge is 2.31. The Morgan fingerprint density at radius 3 is 1.05 bits per heavy atom. The van der Waals surface area contributed by atoms with Crippen LogP contribution in [0, 0.1) is 0 Å². The topological polar surface area (TPSA) is 68.3 Å². The third kappa shape index (κ3) is 3.17. The van der Waals surface area contributed by atoms with Crippen LogP contribution in [-0.2, 0) is 0 Å². The van der Waals surface area contributed by atoms with Crippen molar-refractivity contribution in [1.29, 1.82) is 0 Å². The molecule has 5 aromatic carbocycles. The van der Waals surface area contributed by atoms with Gasteiger partial charge < -0.3 is 0 Å². The molecule has 0 spiro atoms. The van der Waals surface area contributed by atoms with Crippen molar-refractivity contribution in [1.82, 2.24) is 0 Å². The van der Waals surface area contributed by atoms with E-state index in [0.29, 0.717) is 22.3 Å². The first-order chi connectivity index (χ1) is 18.5. The summed E-state index contributed by atoms with van der Waals surface area (Å²) in [6, 6.07) is 33.3. The molecule has 0 fully saturated rings. The molecule has 0 aromatic heterocycles. The summed E-state index contributed by atoms with van der Waals surface area (Å²) in [5.74, 6) is -1.99. The van der Waals surface area contributed by atoms with Gasteiger partial charge in [0.05, 0.1) is 0 Å². The SMILES string of the molecule is O=C1C(=O)c2cc(-c3cccc(-c4ccc5c(c4)C(=O)C(=O)c4ccccc4-5)c3)ccc2-c2ccccc21. The number of fused-ring (bicyclic) bond motifs is 6. The second-order valence-corrected chi connectivity index (χ2v) is 9.51. The normalized spacial score (nSPS) is 13.5. The van der Waals surface area contributed by atoms with Crippen LogP contribution in [0.25, 0.3) is 44.5 Å². The molecule has 0 atom stereocenters. The van der Waals surface area contributed by atoms with E-state index < -0.39 is 23.1 Å². The van der Waals surface area contributed by atoms with Gasteiger partial charge in [0.1, 0.15) is 0 Å². The highest BCUT2D eigenvalue weighted by atomic mass is 16.2. The molecule has 0 heterocycles. The average molecular weight is 491 g/mol. The lowest BCUT2D eigenvalue weighted by Gasteiger charge is -2.19. The van der Waals surface area contributed by atoms with Crippen LogP contribution in [0.2, 0.25) is 0 Å². The second kappa shape index (κ2) is 8.15. The van der Waals surface area contributed by atoms with Gasteiger partial charge >= 0.3 is 0 Å². The van der Waals surface area contributed by atoms with Crippen molar-refractivity contribution in [3.63, 3.8) is 0 Å². The highest BCUT2D eigenvalue weighted by molar-refractivity contribution is 6.53. The van der Waals surface area contributed by atoms with E-state index in [9.17, 15) is 19.2 Å². The quantitative estimate of drug-likeness (QED) is 0.247. The number of benzene rings is 5. The van der Waals surface area contributed by atoms with E-state index in [0.717, 1.165) is 44.5 Å². The molecule has 0 radical (unpaired) electrons. The maximum Gasteiger partial charge on any atom is 0.234 e. The first kappa shape index (κ1) is 22.0. The van der Waals surface area contributed by atoms with E-state index >= 15 is 0 Å². The molecule has 7 rings (SSSR count). The molecule has 2 aliphatic carbocycles. The first-order valence-corrected chi connectivity index (χ1v) is 12.3. The smallest absolute Gasteiger partial charge is 0.234 e. The third-order valence-electron chi connectivity index (χ3n) is 7.39. The van der Waals surface area contributed by atoms with E-state index in [4.69, 9.17) is 0 Å². The molecule has 0 bridgehead atoms. The van der Waals surface area contributed by atoms with Gasteiger partial charge in [-0.2, -0.15) is 0 Å². The fourth-order valence-corrected chi connectivity index (χ4v) is 5.49. The fourth-order valence-electron chi connectivity index (χ4n) is 5.49. The summed E-state index contributed by atoms with van der Waals surface area (Å²) in [4.78, 5) is 51.3. The van der Waals surface area contributed by atoms with Crippen molar-refractivity contribution in [3.05, 3.63) is 131 Å². The van der Waals surface area contributed by atoms with Crippen molar-refractivity contribution in [2.75, 3.05) is 0 Å². The number of ketones is 4. The molecule has 0 saturated heterocycles. The van der Waals surface area contributed by atoms with E-state index in [1.54, 1.807) is 36.4 Å². The number of carbonyl (C=O) groups is 4. The van der Waals surface area contributed by atoms with Crippen molar-refractivity contribution in [2.45, 2.75) is 0 Å². The summed E-state index contributed by atoms with van der Waals surface area (Å²) in [6.07, 6.45) is 0. The molecule has 0 N–H and O–H groups in total. The van der Waals surface area contributed by atoms with Crippen LogP contribution in [0.15, 0.2) is 109 Å². The Kier molecular flexibility index (Phi) is 4.72. The zero-order valence-electron chi connectivity index (χ0n) is 20.0. The summed E-state index contributed by atoms with van der Waals surface area (Å²) in [5.41, 5.74) is 8.06. The Morgan fingerprint density at radius 1 is 0.263 bits per heavy atom. The van der Waals surface area contributed by atoms with Crippen LogP contribution < -0.4 is 0 Å². The van der Waals surface area contributed by atoms with Gasteiger partial charge in [-0.3, -0.25) is 19.2 Å². The Balaban J connectivity index is 1.31. The lowest BCUT2D eigenvalue weighted by Crippen LogP contribution is -2.21. The molecule has 0 aliphatic heterocycles. The lowest BCUT2D eigenvalue weighted by atomic mass is 9.82. The minimum absolute atomic E-state index is 0.396. The summed E-state index contributed by atoms with van der Waals surface area (Å²) in [7, 11) is 0. The first-order valence-electron chi connectivity index (χ1n) is 12.3. The summed E-state index contributed by atoms with van der Waals surface area (Å²) < 4.78 is 0. The number of rotatable bonds is 2. The Hall–Kier alpha value is -5.22. The molecule has 0 unspecified atom stereocenters. The largest absolute Gasteiger partial charge is 0.285 e. The van der Waals surface area contributed by atoms with E-state index in [1.807, 2.05) is 72.8 Å². The zero-order chi connectivity index (χ0) is 26.0. The zero-order valence-corrected chi connectivity index (χ0v) is 20.0. The van der Waals surface area contributed by atoms with Gasteiger partial charge in [0.15, 0.2) is 0 Å². The predicted molar refractivity (Wildman–Crippen MR) is 146 cm³/mol. The monoisotopic (exact) mass is 490 g/mol. The summed E-state index contributed by atoms with van der Waals surface area (Å²) >= 11 is 0. The molecule has 178 valence electrons. The van der Waals surface area contributed by atoms with Crippen LogP contribution in [-0.4, -0.2) is 23.1 Å². The Bertz CT molecular complexity index is 1760. The van der Waals surface area contributed by atoms with Gasteiger partial charge in [0.25, 0.3) is 0 Å². The van der Waals surface area contributed by atoms with Crippen LogP contribution in [0.1, 0.15) is 41.4 Å². The van der Waals surface area contributed by atoms with Crippen molar-refractivity contribution < 1.29 is 19.2 Å². The van der Waals surface area contributed by atoms with Gasteiger partial charge in [-0.1, -0.05) is 91.0 Å². The Morgan fingerprint density at radius 2 is 0.605 bits per heavy atom. The molecular formula is C34H18O4. The van der Waals surface area contributed by atoms with Gasteiger partial charge in [-0.25, -0.2) is 0 Å². The molecule has 0 amide bonds. The van der Waals surface area contributed by atoms with Crippen molar-refractivity contribution >= 4 is 23.1 Å². The minimum Gasteiger partial charge on any atom is -0.285 e. The number of carbonyl (C=O) groups excluding carboxylic acids is 4. The molecule has 5 aromatic rings. The lowest BCUT2D eigenvalue weighted by molar-refractivity contribution is 0.0815. The standard InChI is InChI=1S/C34H18O4/c35-31-27-10-3-1-8-23(27)25-14-12-21(17-29(25)33(31)37)19-6-5-7-20(16-19)22-13-15-26-24-9-2-4-11-28(24)32(36)34(38)30(26)18-22/h1-18H.